The lowest BCUT2D eigenvalue weighted by Crippen LogP contribution is -2.34. The fraction of sp³-hybridized carbons (Fsp3) is 0.235. The molecule has 0 fully saturated rings. The monoisotopic (exact) mass is 349 g/mol. The smallest absolute Gasteiger partial charge is 0.326 e. The van der Waals surface area contributed by atoms with Gasteiger partial charge >= 0.3 is 5.97 Å². The van der Waals surface area contributed by atoms with E-state index in [0.29, 0.717) is 16.9 Å². The number of benzene rings is 2. The number of ether oxygens (including phenoxy) is 1. The van der Waals surface area contributed by atoms with Gasteiger partial charge in [-0.15, -0.1) is 0 Å². The summed E-state index contributed by atoms with van der Waals surface area (Å²) < 4.78 is 32.0. The van der Waals surface area contributed by atoms with Crippen molar-refractivity contribution in [2.24, 2.45) is 0 Å². The second kappa shape index (κ2) is 7.46. The molecule has 128 valence electrons. The molecule has 0 saturated heterocycles. The van der Waals surface area contributed by atoms with E-state index in [0.717, 1.165) is 5.56 Å². The highest BCUT2D eigenvalue weighted by molar-refractivity contribution is 7.88. The Labute approximate surface area is 141 Å². The van der Waals surface area contributed by atoms with Gasteiger partial charge in [0.25, 0.3) is 0 Å². The second-order valence-corrected chi connectivity index (χ2v) is 7.17. The van der Waals surface area contributed by atoms with Crippen molar-refractivity contribution in [1.82, 2.24) is 4.72 Å². The topological polar surface area (TPSA) is 92.7 Å². The number of carbonyl (C=O) groups is 1. The lowest BCUT2D eigenvalue weighted by atomic mass is 10.1. The van der Waals surface area contributed by atoms with Crippen molar-refractivity contribution in [3.05, 3.63) is 65.2 Å². The van der Waals surface area contributed by atoms with E-state index in [4.69, 9.17) is 4.74 Å². The molecule has 0 bridgehead atoms. The van der Waals surface area contributed by atoms with Crippen molar-refractivity contribution in [2.75, 3.05) is 7.11 Å². The molecule has 7 heteroatoms. The molecule has 0 aromatic heterocycles. The zero-order valence-electron chi connectivity index (χ0n) is 13.4. The van der Waals surface area contributed by atoms with E-state index >= 15 is 0 Å². The number of hydrogen-bond acceptors (Lipinski definition) is 4. The summed E-state index contributed by atoms with van der Waals surface area (Å²) in [7, 11) is -2.38. The Balaban J connectivity index is 2.24. The highest BCUT2D eigenvalue weighted by Crippen LogP contribution is 2.21. The summed E-state index contributed by atoms with van der Waals surface area (Å²) in [4.78, 5) is 11.5. The summed E-state index contributed by atoms with van der Waals surface area (Å²) in [6, 6.07) is 12.0. The lowest BCUT2D eigenvalue weighted by Gasteiger charge is -2.16. The summed E-state index contributed by atoms with van der Waals surface area (Å²) in [5.41, 5.74) is 1.83. The number of hydrogen-bond donors (Lipinski definition) is 2. The summed E-state index contributed by atoms with van der Waals surface area (Å²) >= 11 is 0. The number of carboxylic acids is 1. The molecule has 1 atom stereocenters. The Bertz CT molecular complexity index is 832. The lowest BCUT2D eigenvalue weighted by molar-refractivity contribution is -0.139. The van der Waals surface area contributed by atoms with E-state index in [2.05, 4.69) is 4.72 Å². The van der Waals surface area contributed by atoms with E-state index in [1.165, 1.54) is 19.2 Å². The minimum Gasteiger partial charge on any atom is -0.497 e. The Morgan fingerprint density at radius 2 is 1.92 bits per heavy atom. The summed E-state index contributed by atoms with van der Waals surface area (Å²) in [6.07, 6.45) is 0. The standard InChI is InChI=1S/C17H19NO5S/c1-12-5-3-6-13(9-12)11-24(21,22)18-16(17(19)20)14-7-4-8-15(10-14)23-2/h3-10,16,18H,11H2,1-2H3,(H,19,20). The Morgan fingerprint density at radius 1 is 1.21 bits per heavy atom. The van der Waals surface area contributed by atoms with Gasteiger partial charge in [0.2, 0.25) is 10.0 Å². The third-order valence-corrected chi connectivity index (χ3v) is 4.72. The second-order valence-electron chi connectivity index (χ2n) is 5.41. The van der Waals surface area contributed by atoms with Crippen LogP contribution in [-0.2, 0) is 20.6 Å². The highest BCUT2D eigenvalue weighted by atomic mass is 32.2. The Hall–Kier alpha value is -2.38. The third kappa shape index (κ3) is 4.81. The van der Waals surface area contributed by atoms with Crippen LogP contribution in [0.1, 0.15) is 22.7 Å². The van der Waals surface area contributed by atoms with Crippen LogP contribution in [0.4, 0.5) is 0 Å². The molecule has 0 saturated carbocycles. The largest absolute Gasteiger partial charge is 0.497 e. The van der Waals surface area contributed by atoms with Crippen molar-refractivity contribution >= 4 is 16.0 Å². The van der Waals surface area contributed by atoms with Crippen molar-refractivity contribution in [3.8, 4) is 5.75 Å². The van der Waals surface area contributed by atoms with Gasteiger partial charge in [-0.3, -0.25) is 4.79 Å². The van der Waals surface area contributed by atoms with Gasteiger partial charge in [0.15, 0.2) is 0 Å². The van der Waals surface area contributed by atoms with Gasteiger partial charge in [0.1, 0.15) is 11.8 Å². The molecule has 0 spiro atoms. The summed E-state index contributed by atoms with van der Waals surface area (Å²) in [5.74, 6) is -1.12. The van der Waals surface area contributed by atoms with Gasteiger partial charge < -0.3 is 9.84 Å². The van der Waals surface area contributed by atoms with Gasteiger partial charge in [0.05, 0.1) is 12.9 Å². The number of aliphatic carboxylic acids is 1. The minimum absolute atomic E-state index is 0.289. The Morgan fingerprint density at radius 3 is 2.54 bits per heavy atom. The molecule has 2 aromatic rings. The van der Waals surface area contributed by atoms with Crippen LogP contribution in [0.25, 0.3) is 0 Å². The first-order valence-corrected chi connectivity index (χ1v) is 8.88. The van der Waals surface area contributed by atoms with Gasteiger partial charge in [-0.1, -0.05) is 42.0 Å². The first kappa shape index (κ1) is 18.0. The van der Waals surface area contributed by atoms with E-state index in [-0.39, 0.29) is 5.75 Å². The van der Waals surface area contributed by atoms with Gasteiger partial charge in [-0.2, -0.15) is 4.72 Å². The van der Waals surface area contributed by atoms with Crippen LogP contribution in [0, 0.1) is 6.92 Å². The third-order valence-electron chi connectivity index (χ3n) is 3.41. The molecule has 0 aliphatic carbocycles. The Kier molecular flexibility index (Phi) is 5.58. The molecule has 0 amide bonds. The van der Waals surface area contributed by atoms with E-state index in [1.54, 1.807) is 30.3 Å². The van der Waals surface area contributed by atoms with Crippen LogP contribution < -0.4 is 9.46 Å². The molecule has 0 aliphatic heterocycles. The molecular formula is C17H19NO5S. The average molecular weight is 349 g/mol. The molecule has 0 radical (unpaired) electrons. The normalized spacial score (nSPS) is 12.6. The fourth-order valence-corrected chi connectivity index (χ4v) is 3.62. The summed E-state index contributed by atoms with van der Waals surface area (Å²) in [6.45, 7) is 1.86. The van der Waals surface area contributed by atoms with E-state index in [1.807, 2.05) is 13.0 Å². The van der Waals surface area contributed by atoms with Crippen LogP contribution in [0.2, 0.25) is 0 Å². The molecular weight excluding hydrogens is 330 g/mol. The van der Waals surface area contributed by atoms with Gasteiger partial charge in [-0.25, -0.2) is 8.42 Å². The maximum Gasteiger partial charge on any atom is 0.326 e. The van der Waals surface area contributed by atoms with E-state index < -0.39 is 22.0 Å². The number of sulfonamides is 1. The van der Waals surface area contributed by atoms with Crippen molar-refractivity contribution < 1.29 is 23.1 Å². The molecule has 6 nitrogen and oxygen atoms in total. The summed E-state index contributed by atoms with van der Waals surface area (Å²) in [5, 5.41) is 9.40. The SMILES string of the molecule is COc1cccc(C(NS(=O)(=O)Cc2cccc(C)c2)C(=O)O)c1. The first-order chi connectivity index (χ1) is 11.3. The molecule has 0 heterocycles. The van der Waals surface area contributed by atoms with Crippen LogP contribution in [0.5, 0.6) is 5.75 Å². The van der Waals surface area contributed by atoms with Crippen molar-refractivity contribution in [3.63, 3.8) is 0 Å². The zero-order valence-corrected chi connectivity index (χ0v) is 14.2. The predicted octanol–water partition coefficient (Wildman–Crippen LogP) is 2.25. The fourth-order valence-electron chi connectivity index (χ4n) is 2.32. The molecule has 2 aromatic carbocycles. The van der Waals surface area contributed by atoms with Crippen LogP contribution in [0.15, 0.2) is 48.5 Å². The van der Waals surface area contributed by atoms with Crippen LogP contribution in [0.3, 0.4) is 0 Å². The quantitative estimate of drug-likeness (QED) is 0.800. The molecule has 0 aliphatic rings. The number of carboxylic acid groups (broad SMARTS) is 1. The number of methoxy groups -OCH3 is 1. The van der Waals surface area contributed by atoms with E-state index in [9.17, 15) is 18.3 Å². The number of aryl methyl sites for hydroxylation is 1. The highest BCUT2D eigenvalue weighted by Gasteiger charge is 2.26. The van der Waals surface area contributed by atoms with Crippen molar-refractivity contribution in [1.29, 1.82) is 0 Å². The van der Waals surface area contributed by atoms with Crippen molar-refractivity contribution in [2.45, 2.75) is 18.7 Å². The maximum absolute atomic E-state index is 12.3. The van der Waals surface area contributed by atoms with Gasteiger partial charge in [0, 0.05) is 0 Å². The predicted molar refractivity (Wildman–Crippen MR) is 90.3 cm³/mol. The number of nitrogens with one attached hydrogen (secondary N) is 1. The maximum atomic E-state index is 12.3. The first-order valence-electron chi connectivity index (χ1n) is 7.23. The van der Waals surface area contributed by atoms with Gasteiger partial charge in [-0.05, 0) is 30.2 Å². The average Bonchev–Trinajstić information content (AvgIpc) is 2.52. The zero-order chi connectivity index (χ0) is 17.7. The van der Waals surface area contributed by atoms with Crippen LogP contribution in [-0.4, -0.2) is 26.6 Å². The number of rotatable bonds is 7. The van der Waals surface area contributed by atoms with Crippen LogP contribution >= 0.6 is 0 Å². The molecule has 1 unspecified atom stereocenters. The minimum atomic E-state index is -3.83. The molecule has 24 heavy (non-hydrogen) atoms. The molecule has 2 rings (SSSR count). The molecule has 2 N–H and O–H groups in total.